The van der Waals surface area contributed by atoms with Crippen molar-refractivity contribution in [2.24, 2.45) is 0 Å². The lowest BCUT2D eigenvalue weighted by molar-refractivity contribution is -0.137. The van der Waals surface area contributed by atoms with Crippen LogP contribution in [-0.4, -0.2) is 26.5 Å². The Balaban J connectivity index is 4.94. The van der Waals surface area contributed by atoms with Crippen LogP contribution in [0.5, 0.6) is 0 Å². The van der Waals surface area contributed by atoms with Crippen LogP contribution in [0.4, 0.5) is 13.2 Å². The number of ether oxygens (including phenoxy) is 1. The topological polar surface area (TPSA) is 60.4 Å². The summed E-state index contributed by atoms with van der Waals surface area (Å²) < 4.78 is 66.6. The highest BCUT2D eigenvalue weighted by Gasteiger charge is 2.48. The van der Waals surface area contributed by atoms with Gasteiger partial charge in [0.1, 0.15) is 0 Å². The summed E-state index contributed by atoms with van der Waals surface area (Å²) in [6, 6.07) is 0. The van der Waals surface area contributed by atoms with E-state index < -0.39 is 32.6 Å². The number of allylic oxidation sites excluding steroid dienone is 7. The van der Waals surface area contributed by atoms with Gasteiger partial charge in [0, 0.05) is 6.08 Å². The summed E-state index contributed by atoms with van der Waals surface area (Å²) in [7, 11) is -5.58. The van der Waals surface area contributed by atoms with Crippen LogP contribution < -0.4 is 0 Å². The summed E-state index contributed by atoms with van der Waals surface area (Å²) in [6.45, 7) is 9.44. The van der Waals surface area contributed by atoms with Crippen LogP contribution in [0.15, 0.2) is 45.9 Å². The van der Waals surface area contributed by atoms with Crippen LogP contribution in [0.3, 0.4) is 0 Å². The van der Waals surface area contributed by atoms with Gasteiger partial charge in [-0.3, -0.25) is 0 Å². The molecule has 0 N–H and O–H groups in total. The van der Waals surface area contributed by atoms with E-state index in [1.165, 1.54) is 18.1 Å². The maximum absolute atomic E-state index is 12.9. The highest BCUT2D eigenvalue weighted by atomic mass is 32.2. The fourth-order valence-corrected chi connectivity index (χ4v) is 3.48. The third-order valence-electron chi connectivity index (χ3n) is 4.22. The lowest BCUT2D eigenvalue weighted by Gasteiger charge is -2.11. The van der Waals surface area contributed by atoms with Crippen LogP contribution in [0, 0.1) is 0 Å². The summed E-state index contributed by atoms with van der Waals surface area (Å²) in [5, 5.41) is 0. The fourth-order valence-electron chi connectivity index (χ4n) is 2.55. The molecule has 0 fully saturated rings. The molecule has 0 unspecified atom stereocenters. The molecule has 0 aliphatic heterocycles. The van der Waals surface area contributed by atoms with Crippen molar-refractivity contribution < 1.29 is 31.1 Å². The third kappa shape index (κ3) is 11.4. The Kier molecular flexibility index (Phi) is 12.6. The smallest absolute Gasteiger partial charge is 0.463 e. The Labute approximate surface area is 178 Å². The van der Waals surface area contributed by atoms with Gasteiger partial charge in [-0.2, -0.15) is 13.2 Å². The molecular weight excluding hydrogens is 417 g/mol. The van der Waals surface area contributed by atoms with Crippen molar-refractivity contribution in [2.75, 3.05) is 6.61 Å². The standard InChI is InChI=1S/C22H33F3O4S/c1-6-29-21(26)16-20(30(27,28)22(23,24)25)15-9-14-19(5)13-8-12-18(4)11-7-10-17(2)3/h10,12,14,16H,6-9,11,13,15H2,1-5H3/b18-12+,19-14+,20-16-. The SMILES string of the molecule is CCOC(=O)/C=C(/CC/C=C(\C)CC/C=C(\C)CCC=C(C)C)S(=O)(=O)C(F)(F)F. The van der Waals surface area contributed by atoms with E-state index in [4.69, 9.17) is 0 Å². The summed E-state index contributed by atoms with van der Waals surface area (Å²) in [6.07, 6.45) is 9.60. The minimum absolute atomic E-state index is 0.0606. The minimum Gasteiger partial charge on any atom is -0.463 e. The van der Waals surface area contributed by atoms with E-state index in [0.717, 1.165) is 31.3 Å². The molecule has 172 valence electrons. The van der Waals surface area contributed by atoms with Gasteiger partial charge in [-0.05, 0) is 73.1 Å². The number of carbonyl (C=O) groups excluding carboxylic acids is 1. The van der Waals surface area contributed by atoms with Crippen molar-refractivity contribution >= 4 is 15.8 Å². The lowest BCUT2D eigenvalue weighted by Crippen LogP contribution is -2.25. The Hall–Kier alpha value is -1.83. The largest absolute Gasteiger partial charge is 0.501 e. The Bertz CT molecular complexity index is 782. The molecule has 8 heteroatoms. The molecule has 0 radical (unpaired) electrons. The second-order valence-electron chi connectivity index (χ2n) is 7.31. The number of alkyl halides is 3. The van der Waals surface area contributed by atoms with Crippen molar-refractivity contribution in [3.8, 4) is 0 Å². The third-order valence-corrected chi connectivity index (χ3v) is 5.84. The first kappa shape index (κ1) is 28.2. The summed E-state index contributed by atoms with van der Waals surface area (Å²) in [5.74, 6) is -1.10. The van der Waals surface area contributed by atoms with Gasteiger partial charge in [-0.25, -0.2) is 13.2 Å². The molecule has 0 atom stereocenters. The highest BCUT2D eigenvalue weighted by Crippen LogP contribution is 2.32. The van der Waals surface area contributed by atoms with E-state index in [-0.39, 0.29) is 13.0 Å². The Morgan fingerprint density at radius 3 is 1.77 bits per heavy atom. The zero-order valence-corrected chi connectivity index (χ0v) is 19.3. The maximum atomic E-state index is 12.9. The van der Waals surface area contributed by atoms with Crippen LogP contribution in [0.1, 0.15) is 73.1 Å². The van der Waals surface area contributed by atoms with Gasteiger partial charge in [0.25, 0.3) is 9.84 Å². The number of carbonyl (C=O) groups is 1. The van der Waals surface area contributed by atoms with Crippen LogP contribution in [0.25, 0.3) is 0 Å². The van der Waals surface area contributed by atoms with Gasteiger partial charge < -0.3 is 4.74 Å². The average Bonchev–Trinajstić information content (AvgIpc) is 2.59. The van der Waals surface area contributed by atoms with Crippen LogP contribution in [0.2, 0.25) is 0 Å². The summed E-state index contributed by atoms with van der Waals surface area (Å²) >= 11 is 0. The Morgan fingerprint density at radius 2 is 1.33 bits per heavy atom. The molecule has 30 heavy (non-hydrogen) atoms. The first-order valence-corrected chi connectivity index (χ1v) is 11.4. The quantitative estimate of drug-likeness (QED) is 0.192. The zero-order valence-electron chi connectivity index (χ0n) is 18.4. The lowest BCUT2D eigenvalue weighted by atomic mass is 10.1. The van der Waals surface area contributed by atoms with Crippen molar-refractivity contribution in [3.05, 3.63) is 45.9 Å². The molecule has 0 saturated heterocycles. The van der Waals surface area contributed by atoms with E-state index >= 15 is 0 Å². The Morgan fingerprint density at radius 1 is 0.867 bits per heavy atom. The predicted molar refractivity (Wildman–Crippen MR) is 114 cm³/mol. The molecule has 0 saturated carbocycles. The van der Waals surface area contributed by atoms with Crippen molar-refractivity contribution in [3.63, 3.8) is 0 Å². The first-order valence-electron chi connectivity index (χ1n) is 9.94. The van der Waals surface area contributed by atoms with Crippen molar-refractivity contribution in [1.82, 2.24) is 0 Å². The van der Waals surface area contributed by atoms with Gasteiger partial charge in [0.05, 0.1) is 11.5 Å². The summed E-state index contributed by atoms with van der Waals surface area (Å²) in [4.78, 5) is 10.5. The number of hydrogen-bond acceptors (Lipinski definition) is 4. The van der Waals surface area contributed by atoms with Crippen molar-refractivity contribution in [1.29, 1.82) is 0 Å². The summed E-state index contributed by atoms with van der Waals surface area (Å²) in [5.41, 5.74) is -1.96. The van der Waals surface area contributed by atoms with Gasteiger partial charge in [-0.15, -0.1) is 0 Å². The van der Waals surface area contributed by atoms with Crippen LogP contribution in [-0.2, 0) is 19.4 Å². The van der Waals surface area contributed by atoms with E-state index in [1.54, 1.807) is 6.08 Å². The maximum Gasteiger partial charge on any atom is 0.501 e. The fraction of sp³-hybridized carbons (Fsp3) is 0.591. The monoisotopic (exact) mass is 450 g/mol. The number of esters is 1. The average molecular weight is 451 g/mol. The van der Waals surface area contributed by atoms with Crippen LogP contribution >= 0.6 is 0 Å². The normalized spacial score (nSPS) is 13.9. The molecule has 0 aromatic heterocycles. The minimum atomic E-state index is -5.58. The molecular formula is C22H33F3O4S. The van der Waals surface area contributed by atoms with Gasteiger partial charge in [0.15, 0.2) is 0 Å². The van der Waals surface area contributed by atoms with Gasteiger partial charge >= 0.3 is 11.5 Å². The number of hydrogen-bond donors (Lipinski definition) is 0. The zero-order chi connectivity index (χ0) is 23.4. The number of halogens is 3. The molecule has 0 aromatic rings. The highest BCUT2D eigenvalue weighted by molar-refractivity contribution is 7.96. The van der Waals surface area contributed by atoms with E-state index in [9.17, 15) is 26.4 Å². The number of rotatable bonds is 12. The molecule has 0 aromatic carbocycles. The predicted octanol–water partition coefficient (Wildman–Crippen LogP) is 6.57. The number of sulfone groups is 1. The van der Waals surface area contributed by atoms with Gasteiger partial charge in [-0.1, -0.05) is 34.9 Å². The first-order chi connectivity index (χ1) is 13.8. The van der Waals surface area contributed by atoms with E-state index in [0.29, 0.717) is 6.08 Å². The second-order valence-corrected chi connectivity index (χ2v) is 9.30. The van der Waals surface area contributed by atoms with Gasteiger partial charge in [0.2, 0.25) is 0 Å². The molecule has 0 rings (SSSR count). The molecule has 0 amide bonds. The second kappa shape index (κ2) is 13.5. The van der Waals surface area contributed by atoms with Crippen molar-refractivity contribution in [2.45, 2.75) is 78.7 Å². The van der Waals surface area contributed by atoms with E-state index in [1.807, 2.05) is 6.92 Å². The molecule has 4 nitrogen and oxygen atoms in total. The molecule has 0 heterocycles. The molecule has 0 spiro atoms. The molecule has 0 aliphatic rings. The molecule has 0 aliphatic carbocycles. The van der Waals surface area contributed by atoms with E-state index in [2.05, 4.69) is 37.7 Å². The molecule has 0 bridgehead atoms.